The highest BCUT2D eigenvalue weighted by Crippen LogP contribution is 2.39. The van der Waals surface area contributed by atoms with Gasteiger partial charge in [-0.1, -0.05) is 35.5 Å². The Balaban J connectivity index is 1.22. The minimum absolute atomic E-state index is 0.0224. The second-order valence-electron chi connectivity index (χ2n) is 9.27. The monoisotopic (exact) mass is 485 g/mol. The summed E-state index contributed by atoms with van der Waals surface area (Å²) < 4.78 is 12.5. The summed E-state index contributed by atoms with van der Waals surface area (Å²) in [5.41, 5.74) is 2.03. The second-order valence-corrected chi connectivity index (χ2v) is 9.27. The highest BCUT2D eigenvalue weighted by atomic mass is 16.5. The van der Waals surface area contributed by atoms with Crippen molar-refractivity contribution in [3.8, 4) is 17.2 Å². The van der Waals surface area contributed by atoms with E-state index in [9.17, 15) is 9.59 Å². The van der Waals surface area contributed by atoms with E-state index in [4.69, 9.17) is 9.26 Å². The number of hydrogen-bond donors (Lipinski definition) is 0. The maximum Gasteiger partial charge on any atom is 0.258 e. The highest BCUT2D eigenvalue weighted by Gasteiger charge is 2.30. The van der Waals surface area contributed by atoms with Crippen LogP contribution in [0.5, 0.6) is 5.75 Å². The quantitative estimate of drug-likeness (QED) is 0.414. The van der Waals surface area contributed by atoms with Crippen LogP contribution in [0.4, 0.5) is 5.69 Å². The Kier molecular flexibility index (Phi) is 5.67. The molecule has 1 aliphatic heterocycles. The van der Waals surface area contributed by atoms with Crippen LogP contribution in [0.3, 0.4) is 0 Å². The summed E-state index contributed by atoms with van der Waals surface area (Å²) in [6.07, 6.45) is 2.13. The molecule has 4 aromatic rings. The summed E-state index contributed by atoms with van der Waals surface area (Å²) in [7, 11) is 1.66. The number of methoxy groups -OCH3 is 1. The van der Waals surface area contributed by atoms with Gasteiger partial charge in [0.25, 0.3) is 11.4 Å². The van der Waals surface area contributed by atoms with Gasteiger partial charge in [-0.3, -0.25) is 14.2 Å². The molecule has 1 saturated carbocycles. The smallest absolute Gasteiger partial charge is 0.258 e. The van der Waals surface area contributed by atoms with E-state index in [-0.39, 0.29) is 18.0 Å². The van der Waals surface area contributed by atoms with Crippen LogP contribution in [-0.4, -0.2) is 58.8 Å². The molecule has 0 spiro atoms. The molecule has 2 aromatic carbocycles. The number of pyridine rings is 1. The van der Waals surface area contributed by atoms with Crippen LogP contribution >= 0.6 is 0 Å². The van der Waals surface area contributed by atoms with Gasteiger partial charge in [0, 0.05) is 43.5 Å². The SMILES string of the molecule is COc1ccccc1N1CCN(C(=O)Cn2c(=O)cc(-c3nc(C4CC4)no3)c3ccccc32)CC1. The van der Waals surface area contributed by atoms with Crippen LogP contribution in [0.1, 0.15) is 24.6 Å². The number of benzene rings is 2. The molecular formula is C27H27N5O4. The second kappa shape index (κ2) is 9.14. The van der Waals surface area contributed by atoms with E-state index >= 15 is 0 Å². The fraction of sp³-hybridized carbons (Fsp3) is 0.333. The van der Waals surface area contributed by atoms with Crippen LogP contribution in [0, 0.1) is 0 Å². The minimum Gasteiger partial charge on any atom is -0.495 e. The molecule has 9 heteroatoms. The van der Waals surface area contributed by atoms with Crippen LogP contribution in [-0.2, 0) is 11.3 Å². The van der Waals surface area contributed by atoms with Crippen LogP contribution in [0.15, 0.2) is 63.9 Å². The average molecular weight is 486 g/mol. The lowest BCUT2D eigenvalue weighted by atomic mass is 10.1. The Hall–Kier alpha value is -4.14. The van der Waals surface area contributed by atoms with Crippen LogP contribution < -0.4 is 15.2 Å². The van der Waals surface area contributed by atoms with Crippen molar-refractivity contribution in [3.63, 3.8) is 0 Å². The van der Waals surface area contributed by atoms with Gasteiger partial charge in [-0.2, -0.15) is 4.98 Å². The molecule has 1 aliphatic carbocycles. The van der Waals surface area contributed by atoms with Gasteiger partial charge in [0.05, 0.1) is 23.9 Å². The first-order chi connectivity index (χ1) is 17.6. The summed E-state index contributed by atoms with van der Waals surface area (Å²) in [6.45, 7) is 2.52. The predicted molar refractivity (Wildman–Crippen MR) is 135 cm³/mol. The third kappa shape index (κ3) is 4.10. The summed E-state index contributed by atoms with van der Waals surface area (Å²) >= 11 is 0. The number of fused-ring (bicyclic) bond motifs is 1. The first kappa shape index (κ1) is 22.3. The molecule has 2 aromatic heterocycles. The molecule has 0 bridgehead atoms. The van der Waals surface area contributed by atoms with Gasteiger partial charge in [-0.15, -0.1) is 0 Å². The number of rotatable bonds is 6. The zero-order valence-corrected chi connectivity index (χ0v) is 20.1. The van der Waals surface area contributed by atoms with Crippen molar-refractivity contribution >= 4 is 22.5 Å². The Bertz CT molecular complexity index is 1480. The number of nitrogens with zero attached hydrogens (tertiary/aromatic N) is 5. The molecule has 0 N–H and O–H groups in total. The molecule has 36 heavy (non-hydrogen) atoms. The lowest BCUT2D eigenvalue weighted by Crippen LogP contribution is -2.50. The van der Waals surface area contributed by atoms with Crippen molar-refractivity contribution in [2.24, 2.45) is 0 Å². The summed E-state index contributed by atoms with van der Waals surface area (Å²) in [6, 6.07) is 16.9. The third-order valence-corrected chi connectivity index (χ3v) is 6.99. The van der Waals surface area contributed by atoms with Crippen molar-refractivity contribution in [2.75, 3.05) is 38.2 Å². The van der Waals surface area contributed by atoms with Gasteiger partial charge in [0.15, 0.2) is 5.82 Å². The van der Waals surface area contributed by atoms with Gasteiger partial charge in [0.2, 0.25) is 5.91 Å². The Morgan fingerprint density at radius 3 is 2.58 bits per heavy atom. The van der Waals surface area contributed by atoms with E-state index in [1.165, 1.54) is 10.6 Å². The Labute approximate surface area is 207 Å². The standard InChI is InChI=1S/C27H27N5O4/c1-35-23-9-5-4-8-22(23)30-12-14-31(15-13-30)25(34)17-32-21-7-3-2-6-19(21)20(16-24(32)33)27-28-26(29-36-27)18-10-11-18/h2-9,16,18H,10-15,17H2,1H3. The minimum atomic E-state index is -0.268. The molecule has 0 radical (unpaired) electrons. The van der Waals surface area contributed by atoms with Gasteiger partial charge >= 0.3 is 0 Å². The number of piperazine rings is 1. The number of hydrogen-bond acceptors (Lipinski definition) is 7. The molecule has 0 atom stereocenters. The van der Waals surface area contributed by atoms with E-state index in [0.717, 1.165) is 29.7 Å². The van der Waals surface area contributed by atoms with E-state index in [2.05, 4.69) is 15.0 Å². The fourth-order valence-electron chi connectivity index (χ4n) is 4.85. The number of carbonyl (C=O) groups is 1. The van der Waals surface area contributed by atoms with Crippen molar-refractivity contribution in [3.05, 3.63) is 70.8 Å². The molecule has 6 rings (SSSR count). The first-order valence-electron chi connectivity index (χ1n) is 12.2. The third-order valence-electron chi connectivity index (χ3n) is 6.99. The Morgan fingerprint density at radius 1 is 1.06 bits per heavy atom. The van der Waals surface area contributed by atoms with Crippen LogP contribution in [0.2, 0.25) is 0 Å². The van der Waals surface area contributed by atoms with Crippen molar-refractivity contribution < 1.29 is 14.1 Å². The van der Waals surface area contributed by atoms with E-state index in [1.54, 1.807) is 7.11 Å². The number of para-hydroxylation sites is 3. The van der Waals surface area contributed by atoms with Gasteiger partial charge < -0.3 is 19.1 Å². The molecule has 1 amide bonds. The van der Waals surface area contributed by atoms with Crippen LogP contribution in [0.25, 0.3) is 22.4 Å². The molecule has 1 saturated heterocycles. The van der Waals surface area contributed by atoms with Crippen molar-refractivity contribution in [1.29, 1.82) is 0 Å². The number of ether oxygens (including phenoxy) is 1. The van der Waals surface area contributed by atoms with E-state index < -0.39 is 0 Å². The molecule has 2 fully saturated rings. The predicted octanol–water partition coefficient (Wildman–Crippen LogP) is 3.29. The lowest BCUT2D eigenvalue weighted by molar-refractivity contribution is -0.132. The number of amides is 1. The molecular weight excluding hydrogens is 458 g/mol. The van der Waals surface area contributed by atoms with E-state index in [1.807, 2.05) is 53.4 Å². The first-order valence-corrected chi connectivity index (χ1v) is 12.2. The number of anilines is 1. The lowest BCUT2D eigenvalue weighted by Gasteiger charge is -2.36. The fourth-order valence-corrected chi connectivity index (χ4v) is 4.85. The summed E-state index contributed by atoms with van der Waals surface area (Å²) in [5.74, 6) is 2.14. The zero-order valence-electron chi connectivity index (χ0n) is 20.1. The van der Waals surface area contributed by atoms with Gasteiger partial charge in [-0.25, -0.2) is 0 Å². The number of aromatic nitrogens is 3. The molecule has 2 aliphatic rings. The number of carbonyl (C=O) groups excluding carboxylic acids is 1. The summed E-state index contributed by atoms with van der Waals surface area (Å²) in [5, 5.41) is 4.90. The largest absolute Gasteiger partial charge is 0.495 e. The molecule has 184 valence electrons. The maximum atomic E-state index is 13.3. The van der Waals surface area contributed by atoms with Crippen molar-refractivity contribution in [1.82, 2.24) is 19.6 Å². The highest BCUT2D eigenvalue weighted by molar-refractivity contribution is 5.93. The van der Waals surface area contributed by atoms with E-state index in [0.29, 0.717) is 54.9 Å². The molecule has 0 unspecified atom stereocenters. The Morgan fingerprint density at radius 2 is 1.81 bits per heavy atom. The van der Waals surface area contributed by atoms with Crippen molar-refractivity contribution in [2.45, 2.75) is 25.3 Å². The topological polar surface area (TPSA) is 93.7 Å². The normalized spacial score (nSPS) is 15.9. The zero-order chi connectivity index (χ0) is 24.6. The molecule has 9 nitrogen and oxygen atoms in total. The van der Waals surface area contributed by atoms with Gasteiger partial charge in [-0.05, 0) is 31.0 Å². The maximum absolute atomic E-state index is 13.3. The average Bonchev–Trinajstić information content (AvgIpc) is 3.66. The summed E-state index contributed by atoms with van der Waals surface area (Å²) in [4.78, 5) is 35.0. The van der Waals surface area contributed by atoms with Gasteiger partial charge in [0.1, 0.15) is 12.3 Å². The molecule has 3 heterocycles.